The van der Waals surface area contributed by atoms with E-state index < -0.39 is 0 Å². The molecule has 0 saturated heterocycles. The number of thiocyanates is 1. The molecule has 0 unspecified atom stereocenters. The molecule has 80 valence electrons. The van der Waals surface area contributed by atoms with Crippen LogP contribution >= 0.6 is 11.8 Å². The zero-order chi connectivity index (χ0) is 11.5. The van der Waals surface area contributed by atoms with Crippen molar-refractivity contribution in [2.45, 2.75) is 12.7 Å². The minimum absolute atomic E-state index is 0.311. The lowest BCUT2D eigenvalue weighted by molar-refractivity contribution is -0.621. The average Bonchev–Trinajstić information content (AvgIpc) is 2.32. The van der Waals surface area contributed by atoms with Gasteiger partial charge in [0.2, 0.25) is 0 Å². The second-order valence-electron chi connectivity index (χ2n) is 3.30. The SMILES string of the molecule is Cc1c2ccccc2nc(CSC#N)[n+]1[O-]. The number of benzene rings is 1. The summed E-state index contributed by atoms with van der Waals surface area (Å²) in [6, 6.07) is 7.49. The lowest BCUT2D eigenvalue weighted by atomic mass is 10.2. The predicted molar refractivity (Wildman–Crippen MR) is 62.3 cm³/mol. The molecule has 0 aliphatic carbocycles. The molecule has 0 aliphatic heterocycles. The summed E-state index contributed by atoms with van der Waals surface area (Å²) in [4.78, 5) is 4.25. The number of rotatable bonds is 2. The minimum atomic E-state index is 0.311. The zero-order valence-electron chi connectivity index (χ0n) is 8.67. The van der Waals surface area contributed by atoms with Crippen LogP contribution in [0.3, 0.4) is 0 Å². The second-order valence-corrected chi connectivity index (χ2v) is 4.06. The van der Waals surface area contributed by atoms with Crippen LogP contribution < -0.4 is 4.73 Å². The summed E-state index contributed by atoms with van der Waals surface area (Å²) in [7, 11) is 0. The van der Waals surface area contributed by atoms with Gasteiger partial charge in [-0.25, -0.2) is 4.73 Å². The van der Waals surface area contributed by atoms with E-state index in [-0.39, 0.29) is 0 Å². The number of aromatic nitrogens is 2. The number of thioether (sulfide) groups is 1. The fourth-order valence-corrected chi connectivity index (χ4v) is 1.93. The maximum absolute atomic E-state index is 11.8. The third-order valence-electron chi connectivity index (χ3n) is 2.35. The fraction of sp³-hybridized carbons (Fsp3) is 0.182. The molecule has 16 heavy (non-hydrogen) atoms. The number of aryl methyl sites for hydroxylation is 1. The lowest BCUT2D eigenvalue weighted by Crippen LogP contribution is -2.36. The zero-order valence-corrected chi connectivity index (χ0v) is 9.49. The van der Waals surface area contributed by atoms with E-state index in [1.165, 1.54) is 0 Å². The smallest absolute Gasteiger partial charge is 0.313 e. The molecule has 0 N–H and O–H groups in total. The van der Waals surface area contributed by atoms with Crippen LogP contribution in [-0.4, -0.2) is 4.98 Å². The highest BCUT2D eigenvalue weighted by atomic mass is 32.2. The van der Waals surface area contributed by atoms with E-state index in [2.05, 4.69) is 4.98 Å². The summed E-state index contributed by atoms with van der Waals surface area (Å²) >= 11 is 1.01. The molecule has 0 fully saturated rings. The first-order valence-corrected chi connectivity index (χ1v) is 5.71. The molecule has 0 atom stereocenters. The molecule has 2 rings (SSSR count). The number of para-hydroxylation sites is 1. The van der Waals surface area contributed by atoms with Crippen molar-refractivity contribution in [2.75, 3.05) is 0 Å². The number of nitrogens with zero attached hydrogens (tertiary/aromatic N) is 3. The van der Waals surface area contributed by atoms with Gasteiger partial charge in [0.1, 0.15) is 16.8 Å². The van der Waals surface area contributed by atoms with Crippen molar-refractivity contribution in [1.29, 1.82) is 5.26 Å². The number of hydrogen-bond acceptors (Lipinski definition) is 4. The Labute approximate surface area is 97.1 Å². The Hall–Kier alpha value is -1.80. The van der Waals surface area contributed by atoms with Crippen LogP contribution in [0.4, 0.5) is 0 Å². The first kappa shape index (κ1) is 10.7. The molecule has 1 aromatic heterocycles. The van der Waals surface area contributed by atoms with Gasteiger partial charge in [0.25, 0.3) is 0 Å². The monoisotopic (exact) mass is 231 g/mol. The van der Waals surface area contributed by atoms with Crippen LogP contribution in [0.15, 0.2) is 24.3 Å². The van der Waals surface area contributed by atoms with Gasteiger partial charge in [0, 0.05) is 0 Å². The van der Waals surface area contributed by atoms with Crippen molar-refractivity contribution in [3.63, 3.8) is 0 Å². The van der Waals surface area contributed by atoms with Gasteiger partial charge in [0.15, 0.2) is 5.52 Å². The van der Waals surface area contributed by atoms with Crippen molar-refractivity contribution < 1.29 is 4.73 Å². The van der Waals surface area contributed by atoms with E-state index in [9.17, 15) is 5.21 Å². The van der Waals surface area contributed by atoms with Crippen molar-refractivity contribution in [2.24, 2.45) is 0 Å². The average molecular weight is 231 g/mol. The summed E-state index contributed by atoms with van der Waals surface area (Å²) in [5, 5.41) is 23.1. The van der Waals surface area contributed by atoms with Gasteiger partial charge in [-0.2, -0.15) is 5.26 Å². The molecular weight excluding hydrogens is 222 g/mol. The highest BCUT2D eigenvalue weighted by Crippen LogP contribution is 2.15. The van der Waals surface area contributed by atoms with Crippen molar-refractivity contribution in [3.8, 4) is 5.40 Å². The van der Waals surface area contributed by atoms with Crippen molar-refractivity contribution in [1.82, 2.24) is 4.98 Å². The van der Waals surface area contributed by atoms with Gasteiger partial charge < -0.3 is 5.21 Å². The summed E-state index contributed by atoms with van der Waals surface area (Å²) in [6.07, 6.45) is 0. The van der Waals surface area contributed by atoms with Gasteiger partial charge in [-0.3, -0.25) is 0 Å². The molecule has 1 aromatic carbocycles. The van der Waals surface area contributed by atoms with Crippen LogP contribution in [0.25, 0.3) is 10.9 Å². The molecular formula is C11H9N3OS. The van der Waals surface area contributed by atoms with Crippen LogP contribution in [-0.2, 0) is 5.75 Å². The number of fused-ring (bicyclic) bond motifs is 1. The molecule has 0 saturated carbocycles. The Kier molecular flexibility index (Phi) is 2.93. The molecule has 0 amide bonds. The van der Waals surface area contributed by atoms with Crippen LogP contribution in [0, 0.1) is 22.8 Å². The van der Waals surface area contributed by atoms with E-state index in [1.807, 2.05) is 29.7 Å². The van der Waals surface area contributed by atoms with Gasteiger partial charge in [-0.1, -0.05) is 12.1 Å². The Morgan fingerprint density at radius 1 is 1.50 bits per heavy atom. The van der Waals surface area contributed by atoms with Crippen molar-refractivity contribution >= 4 is 22.7 Å². The Bertz CT molecular complexity index is 577. The van der Waals surface area contributed by atoms with E-state index in [4.69, 9.17) is 5.26 Å². The van der Waals surface area contributed by atoms with Crippen LogP contribution in [0.5, 0.6) is 0 Å². The molecule has 0 bridgehead atoms. The predicted octanol–water partition coefficient (Wildman–Crippen LogP) is 1.89. The number of nitriles is 1. The standard InChI is InChI=1S/C11H9N3OS/c1-8-9-4-2-3-5-10(9)13-11(14(8)15)6-16-7-12/h2-5H,6H2,1H3. The highest BCUT2D eigenvalue weighted by molar-refractivity contribution is 8.02. The third kappa shape index (κ3) is 1.79. The molecule has 0 aliphatic rings. The molecule has 4 nitrogen and oxygen atoms in total. The first-order chi connectivity index (χ1) is 7.74. The topological polar surface area (TPSA) is 63.6 Å². The van der Waals surface area contributed by atoms with Crippen LogP contribution in [0.2, 0.25) is 0 Å². The van der Waals surface area contributed by atoms with Crippen molar-refractivity contribution in [3.05, 3.63) is 41.0 Å². The van der Waals surface area contributed by atoms with E-state index in [0.29, 0.717) is 17.3 Å². The molecule has 5 heteroatoms. The molecule has 1 heterocycles. The number of hydrogen-bond donors (Lipinski definition) is 0. The quantitative estimate of drug-likeness (QED) is 0.450. The summed E-state index contributed by atoms with van der Waals surface area (Å²) in [5.74, 6) is 0.689. The van der Waals surface area contributed by atoms with Crippen LogP contribution in [0.1, 0.15) is 11.5 Å². The summed E-state index contributed by atoms with van der Waals surface area (Å²) in [6.45, 7) is 1.76. The molecule has 0 spiro atoms. The van der Waals surface area contributed by atoms with E-state index in [0.717, 1.165) is 27.4 Å². The minimum Gasteiger partial charge on any atom is -0.711 e. The highest BCUT2D eigenvalue weighted by Gasteiger charge is 2.14. The maximum Gasteiger partial charge on any atom is 0.313 e. The Balaban J connectivity index is 2.60. The molecule has 0 radical (unpaired) electrons. The van der Waals surface area contributed by atoms with E-state index in [1.54, 1.807) is 6.92 Å². The normalized spacial score (nSPS) is 10.2. The van der Waals surface area contributed by atoms with Gasteiger partial charge in [0.05, 0.1) is 5.39 Å². The lowest BCUT2D eigenvalue weighted by Gasteiger charge is -2.09. The Morgan fingerprint density at radius 2 is 2.25 bits per heavy atom. The fourth-order valence-electron chi connectivity index (χ4n) is 1.55. The van der Waals surface area contributed by atoms with Gasteiger partial charge in [-0.05, 0) is 35.8 Å². The van der Waals surface area contributed by atoms with Gasteiger partial charge >= 0.3 is 5.82 Å². The van der Waals surface area contributed by atoms with E-state index >= 15 is 0 Å². The third-order valence-corrected chi connectivity index (χ3v) is 2.88. The first-order valence-electron chi connectivity index (χ1n) is 4.72. The largest absolute Gasteiger partial charge is 0.711 e. The van der Waals surface area contributed by atoms with Gasteiger partial charge in [-0.15, -0.1) is 0 Å². The summed E-state index contributed by atoms with van der Waals surface area (Å²) in [5.41, 5.74) is 1.42. The Morgan fingerprint density at radius 3 is 3.00 bits per heavy atom. The molecule has 2 aromatic rings. The summed E-state index contributed by atoms with van der Waals surface area (Å²) < 4.78 is 0.798. The maximum atomic E-state index is 11.8. The second kappa shape index (κ2) is 4.37.